The number of amides is 1. The number of hydrogen-bond donors (Lipinski definition) is 3. The summed E-state index contributed by atoms with van der Waals surface area (Å²) in [6, 6.07) is 9.54. The lowest BCUT2D eigenvalue weighted by molar-refractivity contribution is -0.122. The van der Waals surface area contributed by atoms with Crippen LogP contribution >= 0.6 is 0 Å². The second kappa shape index (κ2) is 10.00. The van der Waals surface area contributed by atoms with Crippen molar-refractivity contribution < 1.29 is 9.18 Å². The molecular formula is C26H30FN9O. The van der Waals surface area contributed by atoms with E-state index in [9.17, 15) is 9.18 Å². The Morgan fingerprint density at radius 2 is 1.92 bits per heavy atom. The van der Waals surface area contributed by atoms with Gasteiger partial charge in [0.05, 0.1) is 18.8 Å². The van der Waals surface area contributed by atoms with Crippen LogP contribution < -0.4 is 15.5 Å². The molecule has 5 rings (SSSR count). The Morgan fingerprint density at radius 1 is 1.11 bits per heavy atom. The molecule has 1 fully saturated rings. The Balaban J connectivity index is 1.16. The van der Waals surface area contributed by atoms with Gasteiger partial charge in [-0.05, 0) is 62.9 Å². The van der Waals surface area contributed by atoms with Gasteiger partial charge >= 0.3 is 0 Å². The Morgan fingerprint density at radius 3 is 2.57 bits per heavy atom. The van der Waals surface area contributed by atoms with Gasteiger partial charge < -0.3 is 15.5 Å². The highest BCUT2D eigenvalue weighted by Crippen LogP contribution is 2.27. The van der Waals surface area contributed by atoms with Crippen LogP contribution in [0.4, 0.5) is 21.8 Å². The zero-order valence-corrected chi connectivity index (χ0v) is 21.1. The summed E-state index contributed by atoms with van der Waals surface area (Å²) in [6.45, 7) is 7.66. The van der Waals surface area contributed by atoms with Crippen molar-refractivity contribution in [2.45, 2.75) is 45.6 Å². The lowest BCUT2D eigenvalue weighted by atomic mass is 9.89. The number of carbonyl (C=O) groups is 1. The molecule has 1 aliphatic heterocycles. The normalized spacial score (nSPS) is 15.0. The number of nitrogens with zero attached hydrogens (tertiary/aromatic N) is 6. The van der Waals surface area contributed by atoms with Gasteiger partial charge in [0.15, 0.2) is 17.5 Å². The summed E-state index contributed by atoms with van der Waals surface area (Å²) in [4.78, 5) is 24.2. The summed E-state index contributed by atoms with van der Waals surface area (Å²) < 4.78 is 14.5. The Hall–Kier alpha value is -4.28. The van der Waals surface area contributed by atoms with E-state index in [0.717, 1.165) is 66.4 Å². The molecule has 10 nitrogen and oxygen atoms in total. The predicted molar refractivity (Wildman–Crippen MR) is 139 cm³/mol. The molecule has 4 aromatic rings. The SMILES string of the molecule is Cc1cc(Nc2cc(C)[nH]n2)nc(N2CCC(C)(NC(=O)Cc3ccc(-n4cc(F)cn4)nc3)CC2)c1. The number of aromatic amines is 1. The minimum atomic E-state index is -0.427. The topological polar surface area (TPSA) is 117 Å². The number of halogens is 1. The van der Waals surface area contributed by atoms with Gasteiger partial charge in [-0.25, -0.2) is 19.0 Å². The van der Waals surface area contributed by atoms with Crippen molar-refractivity contribution in [1.82, 2.24) is 35.3 Å². The van der Waals surface area contributed by atoms with Gasteiger partial charge in [-0.2, -0.15) is 10.2 Å². The van der Waals surface area contributed by atoms with Crippen molar-refractivity contribution in [1.29, 1.82) is 0 Å². The smallest absolute Gasteiger partial charge is 0.224 e. The van der Waals surface area contributed by atoms with Gasteiger partial charge in [-0.15, -0.1) is 0 Å². The molecule has 0 aliphatic carbocycles. The summed E-state index contributed by atoms with van der Waals surface area (Å²) in [6.07, 6.45) is 5.84. The maximum Gasteiger partial charge on any atom is 0.224 e. The average molecular weight is 504 g/mol. The number of hydrogen-bond acceptors (Lipinski definition) is 7. The summed E-state index contributed by atoms with van der Waals surface area (Å²) >= 11 is 0. The number of pyridine rings is 2. The fraction of sp³-hybridized carbons (Fsp3) is 0.346. The standard InChI is InChI=1S/C26H30FN9O/c1-17-10-21(30-22-12-18(2)33-34-22)31-24(11-17)35-8-6-26(3,7-9-35)32-25(37)13-19-4-5-23(28-14-19)36-16-20(27)15-29-36/h4-5,10-12,14-16H,6-9,13H2,1-3H3,(H,32,37)(H2,30,31,33,34). The van der Waals surface area contributed by atoms with Crippen LogP contribution in [-0.2, 0) is 11.2 Å². The molecule has 5 heterocycles. The van der Waals surface area contributed by atoms with Crippen molar-refractivity contribution in [3.05, 3.63) is 71.6 Å². The largest absolute Gasteiger partial charge is 0.356 e. The molecule has 37 heavy (non-hydrogen) atoms. The first-order chi connectivity index (χ1) is 17.7. The molecule has 0 aromatic carbocycles. The van der Waals surface area contributed by atoms with Crippen LogP contribution in [-0.4, -0.2) is 54.5 Å². The van der Waals surface area contributed by atoms with E-state index in [0.29, 0.717) is 5.82 Å². The third-order valence-corrected chi connectivity index (χ3v) is 6.51. The van der Waals surface area contributed by atoms with Crippen molar-refractivity contribution >= 4 is 23.4 Å². The third kappa shape index (κ3) is 5.93. The number of aromatic nitrogens is 6. The van der Waals surface area contributed by atoms with Gasteiger partial charge in [0.1, 0.15) is 11.6 Å². The lowest BCUT2D eigenvalue weighted by Gasteiger charge is -2.40. The monoisotopic (exact) mass is 503 g/mol. The molecule has 0 unspecified atom stereocenters. The Labute approximate surface area is 214 Å². The van der Waals surface area contributed by atoms with Crippen LogP contribution in [0.2, 0.25) is 0 Å². The van der Waals surface area contributed by atoms with Crippen LogP contribution in [0.3, 0.4) is 0 Å². The number of piperidine rings is 1. The predicted octanol–water partition coefficient (Wildman–Crippen LogP) is 3.60. The summed E-state index contributed by atoms with van der Waals surface area (Å²) in [7, 11) is 0. The third-order valence-electron chi connectivity index (χ3n) is 6.51. The van der Waals surface area contributed by atoms with Crippen LogP contribution in [0.1, 0.15) is 36.6 Å². The lowest BCUT2D eigenvalue weighted by Crippen LogP contribution is -2.54. The molecule has 1 amide bonds. The van der Waals surface area contributed by atoms with Crippen molar-refractivity contribution in [2.75, 3.05) is 23.3 Å². The second-order valence-corrected chi connectivity index (χ2v) is 9.85. The van der Waals surface area contributed by atoms with Crippen molar-refractivity contribution in [3.63, 3.8) is 0 Å². The number of H-pyrrole nitrogens is 1. The van der Waals surface area contributed by atoms with E-state index in [1.165, 1.54) is 10.9 Å². The average Bonchev–Trinajstić information content (AvgIpc) is 3.47. The maximum absolute atomic E-state index is 13.2. The molecule has 3 N–H and O–H groups in total. The van der Waals surface area contributed by atoms with Crippen LogP contribution in [0.25, 0.3) is 5.82 Å². The summed E-state index contributed by atoms with van der Waals surface area (Å²) in [5, 5.41) is 17.5. The first-order valence-corrected chi connectivity index (χ1v) is 12.2. The maximum atomic E-state index is 13.2. The second-order valence-electron chi connectivity index (χ2n) is 9.85. The highest BCUT2D eigenvalue weighted by molar-refractivity contribution is 5.79. The number of rotatable bonds is 7. The molecule has 4 aromatic heterocycles. The molecule has 192 valence electrons. The zero-order valence-electron chi connectivity index (χ0n) is 21.1. The first kappa shape index (κ1) is 24.4. The quantitative estimate of drug-likeness (QED) is 0.353. The van der Waals surface area contributed by atoms with E-state index < -0.39 is 5.82 Å². The minimum Gasteiger partial charge on any atom is -0.356 e. The molecule has 0 saturated carbocycles. The fourth-order valence-corrected chi connectivity index (χ4v) is 4.49. The van der Waals surface area contributed by atoms with Gasteiger partial charge in [-0.1, -0.05) is 6.07 Å². The minimum absolute atomic E-state index is 0.0508. The van der Waals surface area contributed by atoms with Crippen molar-refractivity contribution in [2.24, 2.45) is 0 Å². The molecular weight excluding hydrogens is 473 g/mol. The van der Waals surface area contributed by atoms with Crippen LogP contribution in [0.15, 0.2) is 48.9 Å². The molecule has 1 saturated heterocycles. The molecule has 0 atom stereocenters. The first-order valence-electron chi connectivity index (χ1n) is 12.2. The summed E-state index contributed by atoms with van der Waals surface area (Å²) in [5.74, 6) is 2.41. The highest BCUT2D eigenvalue weighted by Gasteiger charge is 2.32. The molecule has 1 aliphatic rings. The van der Waals surface area contributed by atoms with Gasteiger partial charge in [0.2, 0.25) is 5.91 Å². The number of anilines is 3. The van der Waals surface area contributed by atoms with E-state index >= 15 is 0 Å². The Kier molecular flexibility index (Phi) is 6.60. The van der Waals surface area contributed by atoms with Gasteiger partial charge in [-0.3, -0.25) is 9.89 Å². The number of carbonyl (C=O) groups excluding carboxylic acids is 1. The summed E-state index contributed by atoms with van der Waals surface area (Å²) in [5.41, 5.74) is 2.57. The molecule has 0 spiro atoms. The number of aryl methyl sites for hydroxylation is 2. The molecule has 0 bridgehead atoms. The molecule has 0 radical (unpaired) electrons. The van der Waals surface area contributed by atoms with E-state index in [1.54, 1.807) is 12.3 Å². The zero-order chi connectivity index (χ0) is 26.0. The molecule has 11 heteroatoms. The van der Waals surface area contributed by atoms with Crippen LogP contribution in [0, 0.1) is 19.7 Å². The van der Waals surface area contributed by atoms with Crippen molar-refractivity contribution in [3.8, 4) is 5.82 Å². The van der Waals surface area contributed by atoms with Gasteiger partial charge in [0.25, 0.3) is 0 Å². The van der Waals surface area contributed by atoms with Gasteiger partial charge in [0, 0.05) is 36.6 Å². The van der Waals surface area contributed by atoms with E-state index in [2.05, 4.69) is 55.7 Å². The van der Waals surface area contributed by atoms with E-state index in [-0.39, 0.29) is 17.9 Å². The van der Waals surface area contributed by atoms with Crippen LogP contribution in [0.5, 0.6) is 0 Å². The van der Waals surface area contributed by atoms with E-state index in [1.807, 2.05) is 25.1 Å². The highest BCUT2D eigenvalue weighted by atomic mass is 19.1. The number of nitrogens with one attached hydrogen (secondary N) is 3. The fourth-order valence-electron chi connectivity index (χ4n) is 4.49. The Bertz CT molecular complexity index is 1390. The van der Waals surface area contributed by atoms with E-state index in [4.69, 9.17) is 4.98 Å².